The number of carbonyl (C=O) groups excluding carboxylic acids is 4. The van der Waals surface area contributed by atoms with E-state index in [9.17, 15) is 19.2 Å². The van der Waals surface area contributed by atoms with Gasteiger partial charge in [0.25, 0.3) is 0 Å². The summed E-state index contributed by atoms with van der Waals surface area (Å²) >= 11 is 0. The summed E-state index contributed by atoms with van der Waals surface area (Å²) in [6.45, 7) is 4.05. The monoisotopic (exact) mass is 434 g/mol. The third kappa shape index (κ3) is 6.90. The first-order valence-corrected chi connectivity index (χ1v) is 9.30. The molecule has 0 spiro atoms. The highest BCUT2D eigenvalue weighted by atomic mass is 16.7. The molecule has 2 fully saturated rings. The number of aliphatic hydroxyl groups excluding tert-OH is 1. The first-order chi connectivity index (χ1) is 14.1. The molecule has 0 aliphatic carbocycles. The molecule has 2 aliphatic rings. The van der Waals surface area contributed by atoms with Gasteiger partial charge in [-0.05, 0) is 0 Å². The summed E-state index contributed by atoms with van der Waals surface area (Å²) < 4.78 is 37.3. The fourth-order valence-corrected chi connectivity index (χ4v) is 3.00. The smallest absolute Gasteiger partial charge is 0.303 e. The van der Waals surface area contributed by atoms with E-state index in [0.717, 1.165) is 20.8 Å². The van der Waals surface area contributed by atoms with Crippen molar-refractivity contribution in [3.05, 3.63) is 0 Å². The van der Waals surface area contributed by atoms with Gasteiger partial charge in [-0.15, -0.1) is 0 Å². The second-order valence-electron chi connectivity index (χ2n) is 6.80. The number of carbonyl (C=O) groups is 4. The van der Waals surface area contributed by atoms with Gasteiger partial charge in [0.05, 0.1) is 13.2 Å². The van der Waals surface area contributed by atoms with Crippen LogP contribution in [0.2, 0.25) is 0 Å². The molecule has 0 aromatic carbocycles. The molecular weight excluding hydrogens is 408 g/mol. The van der Waals surface area contributed by atoms with Gasteiger partial charge in [0, 0.05) is 27.7 Å². The minimum Gasteiger partial charge on any atom is -0.463 e. The average molecular weight is 434 g/mol. The van der Waals surface area contributed by atoms with E-state index < -0.39 is 54.6 Å². The van der Waals surface area contributed by atoms with Crippen molar-refractivity contribution < 1.29 is 57.4 Å². The molecule has 0 bridgehead atoms. The van der Waals surface area contributed by atoms with E-state index in [2.05, 4.69) is 0 Å². The van der Waals surface area contributed by atoms with Crippen LogP contribution in [0.3, 0.4) is 0 Å². The van der Waals surface area contributed by atoms with Gasteiger partial charge in [-0.1, -0.05) is 0 Å². The van der Waals surface area contributed by atoms with Crippen LogP contribution >= 0.6 is 0 Å². The summed E-state index contributed by atoms with van der Waals surface area (Å²) in [6, 6.07) is 0. The summed E-state index contributed by atoms with van der Waals surface area (Å²) in [6.07, 6.45) is -6.91. The van der Waals surface area contributed by atoms with Gasteiger partial charge in [-0.25, -0.2) is 0 Å². The van der Waals surface area contributed by atoms with Crippen LogP contribution in [-0.2, 0) is 52.3 Å². The zero-order valence-corrected chi connectivity index (χ0v) is 17.1. The molecule has 2 heterocycles. The van der Waals surface area contributed by atoms with Crippen molar-refractivity contribution >= 4 is 23.9 Å². The van der Waals surface area contributed by atoms with E-state index in [4.69, 9.17) is 38.3 Å². The molecule has 0 radical (unpaired) electrons. The van der Waals surface area contributed by atoms with Crippen LogP contribution in [-0.4, -0.2) is 91.7 Å². The van der Waals surface area contributed by atoms with Crippen LogP contribution in [0.5, 0.6) is 0 Å². The van der Waals surface area contributed by atoms with Crippen molar-refractivity contribution in [3.8, 4) is 0 Å². The first-order valence-electron chi connectivity index (χ1n) is 9.30. The Labute approximate surface area is 172 Å². The Morgan fingerprint density at radius 3 is 1.77 bits per heavy atom. The van der Waals surface area contributed by atoms with Crippen LogP contribution in [0.25, 0.3) is 0 Å². The Morgan fingerprint density at radius 1 is 0.700 bits per heavy atom. The molecule has 0 aromatic rings. The number of ether oxygens (including phenoxy) is 7. The molecule has 2 rings (SSSR count). The predicted molar refractivity (Wildman–Crippen MR) is 93.7 cm³/mol. The molecule has 12 nitrogen and oxygen atoms in total. The molecule has 1 N–H and O–H groups in total. The highest BCUT2D eigenvalue weighted by Crippen LogP contribution is 2.31. The van der Waals surface area contributed by atoms with Crippen LogP contribution in [0.1, 0.15) is 27.7 Å². The molecule has 7 atom stereocenters. The Balaban J connectivity index is 2.27. The number of hydrogen-bond donors (Lipinski definition) is 1. The summed E-state index contributed by atoms with van der Waals surface area (Å²) in [7, 11) is 0. The lowest BCUT2D eigenvalue weighted by Gasteiger charge is -2.44. The first kappa shape index (κ1) is 24.0. The minimum absolute atomic E-state index is 0.0149. The van der Waals surface area contributed by atoms with Crippen molar-refractivity contribution in [2.75, 3.05) is 19.8 Å². The van der Waals surface area contributed by atoms with Crippen LogP contribution in [0, 0.1) is 0 Å². The molecule has 0 saturated carbocycles. The van der Waals surface area contributed by atoms with Gasteiger partial charge >= 0.3 is 23.9 Å². The fraction of sp³-hybridized carbons (Fsp3) is 0.778. The van der Waals surface area contributed by atoms with Crippen molar-refractivity contribution in [1.82, 2.24) is 0 Å². The molecular formula is C18H26O12. The number of hydrogen-bond acceptors (Lipinski definition) is 12. The third-order valence-corrected chi connectivity index (χ3v) is 4.24. The van der Waals surface area contributed by atoms with E-state index >= 15 is 0 Å². The molecule has 2 saturated heterocycles. The summed E-state index contributed by atoms with van der Waals surface area (Å²) in [5.74, 6) is -2.77. The molecule has 0 amide bonds. The Kier molecular flexibility index (Phi) is 8.53. The fourth-order valence-electron chi connectivity index (χ4n) is 3.00. The van der Waals surface area contributed by atoms with Gasteiger partial charge in [0.2, 0.25) is 0 Å². The van der Waals surface area contributed by atoms with E-state index in [-0.39, 0.29) is 32.0 Å². The Bertz CT molecular complexity index is 649. The van der Waals surface area contributed by atoms with Gasteiger partial charge in [-0.3, -0.25) is 19.2 Å². The predicted octanol–water partition coefficient (Wildman–Crippen LogP) is -1.15. The third-order valence-electron chi connectivity index (χ3n) is 4.24. The number of esters is 4. The molecule has 170 valence electrons. The second-order valence-corrected chi connectivity index (χ2v) is 6.80. The van der Waals surface area contributed by atoms with Crippen LogP contribution in [0.15, 0.2) is 0 Å². The molecule has 0 unspecified atom stereocenters. The Hall–Kier alpha value is -2.28. The van der Waals surface area contributed by atoms with Gasteiger partial charge < -0.3 is 38.3 Å². The van der Waals surface area contributed by atoms with Crippen molar-refractivity contribution in [3.63, 3.8) is 0 Å². The lowest BCUT2D eigenvalue weighted by Crippen LogP contribution is -2.63. The van der Waals surface area contributed by atoms with Crippen LogP contribution in [0.4, 0.5) is 0 Å². The summed E-state index contributed by atoms with van der Waals surface area (Å²) in [5.41, 5.74) is 0. The number of epoxide rings is 1. The van der Waals surface area contributed by atoms with E-state index in [0.29, 0.717) is 0 Å². The molecule has 30 heavy (non-hydrogen) atoms. The van der Waals surface area contributed by atoms with Crippen molar-refractivity contribution in [2.24, 2.45) is 0 Å². The lowest BCUT2D eigenvalue weighted by molar-refractivity contribution is -0.308. The summed E-state index contributed by atoms with van der Waals surface area (Å²) in [4.78, 5) is 46.2. The standard InChI is InChI=1S/C18H26O12/c1-8(20)24-7-14-15(26-9(2)21)16(27-10(3)22)17(28-11(4)23)18(30-14)25-6-13-12(5-19)29-13/h12-19H,5-7H2,1-4H3/t12-,13+,14+,15+,16-,17+,18+/m0/s1. The quantitative estimate of drug-likeness (QED) is 0.264. The Morgan fingerprint density at radius 2 is 1.27 bits per heavy atom. The van der Waals surface area contributed by atoms with E-state index in [1.807, 2.05) is 0 Å². The highest BCUT2D eigenvalue weighted by molar-refractivity contribution is 5.68. The maximum atomic E-state index is 11.7. The average Bonchev–Trinajstić information content (AvgIpc) is 3.40. The molecule has 0 aromatic heterocycles. The zero-order chi connectivity index (χ0) is 22.4. The summed E-state index contributed by atoms with van der Waals surface area (Å²) in [5, 5.41) is 9.07. The second kappa shape index (κ2) is 10.7. The van der Waals surface area contributed by atoms with E-state index in [1.54, 1.807) is 0 Å². The maximum Gasteiger partial charge on any atom is 0.303 e. The van der Waals surface area contributed by atoms with Crippen molar-refractivity contribution in [2.45, 2.75) is 70.6 Å². The largest absolute Gasteiger partial charge is 0.463 e. The van der Waals surface area contributed by atoms with Crippen molar-refractivity contribution in [1.29, 1.82) is 0 Å². The molecule has 12 heteroatoms. The normalized spacial score (nSPS) is 32.6. The van der Waals surface area contributed by atoms with Gasteiger partial charge in [-0.2, -0.15) is 0 Å². The van der Waals surface area contributed by atoms with Gasteiger partial charge in [0.1, 0.15) is 24.9 Å². The number of aliphatic hydroxyl groups is 1. The topological polar surface area (TPSA) is 156 Å². The van der Waals surface area contributed by atoms with Gasteiger partial charge in [0.15, 0.2) is 24.6 Å². The maximum absolute atomic E-state index is 11.7. The number of rotatable bonds is 9. The van der Waals surface area contributed by atoms with Crippen LogP contribution < -0.4 is 0 Å². The SMILES string of the molecule is CC(=O)OC[C@H]1O[C@@H](OC[C@H]2O[C@H]2CO)[C@H](OC(C)=O)[C@@H](OC(C)=O)[C@@H]1OC(C)=O. The minimum atomic E-state index is -1.29. The lowest BCUT2D eigenvalue weighted by atomic mass is 9.98. The van der Waals surface area contributed by atoms with E-state index in [1.165, 1.54) is 6.92 Å². The highest BCUT2D eigenvalue weighted by Gasteiger charge is 2.53. The molecule has 2 aliphatic heterocycles. The zero-order valence-electron chi connectivity index (χ0n) is 17.1.